The van der Waals surface area contributed by atoms with Crippen LogP contribution in [0, 0.1) is 5.92 Å². The van der Waals surface area contributed by atoms with E-state index in [0.717, 1.165) is 24.0 Å². The van der Waals surface area contributed by atoms with Crippen molar-refractivity contribution in [2.75, 3.05) is 6.61 Å². The van der Waals surface area contributed by atoms with Crippen LogP contribution in [-0.2, 0) is 14.3 Å². The molecular weight excluding hydrogens is 432 g/mol. The lowest BCUT2D eigenvalue weighted by molar-refractivity contribution is -0.137. The number of aliphatic carboxylic acids is 1. The summed E-state index contributed by atoms with van der Waals surface area (Å²) in [6, 6.07) is 15.9. The molecule has 0 bridgehead atoms. The molecule has 2 aromatic rings. The number of carbonyl (C=O) groups excluding carboxylic acids is 2. The van der Waals surface area contributed by atoms with Crippen LogP contribution < -0.4 is 10.6 Å². The highest BCUT2D eigenvalue weighted by atomic mass is 16.5. The second kappa shape index (κ2) is 9.87. The fourth-order valence-electron chi connectivity index (χ4n) is 5.00. The molecule has 180 valence electrons. The summed E-state index contributed by atoms with van der Waals surface area (Å²) in [7, 11) is 0. The van der Waals surface area contributed by atoms with E-state index in [1.54, 1.807) is 0 Å². The van der Waals surface area contributed by atoms with E-state index in [2.05, 4.69) is 34.9 Å². The summed E-state index contributed by atoms with van der Waals surface area (Å²) in [5.41, 5.74) is 3.88. The van der Waals surface area contributed by atoms with E-state index in [1.807, 2.05) is 38.1 Å². The largest absolute Gasteiger partial charge is 0.481 e. The van der Waals surface area contributed by atoms with E-state index in [0.29, 0.717) is 6.42 Å². The van der Waals surface area contributed by atoms with E-state index >= 15 is 0 Å². The SMILES string of the molecule is CC[C@H](CC(=O)O)NC(=O)CC(C)(NC(=O)OCC1c2ccccc2-c2ccccc21)C1CC1. The van der Waals surface area contributed by atoms with Gasteiger partial charge in [0.15, 0.2) is 0 Å². The quantitative estimate of drug-likeness (QED) is 0.482. The van der Waals surface area contributed by atoms with Gasteiger partial charge in [-0.3, -0.25) is 9.59 Å². The minimum Gasteiger partial charge on any atom is -0.481 e. The van der Waals surface area contributed by atoms with Crippen molar-refractivity contribution in [3.63, 3.8) is 0 Å². The number of carboxylic acid groups (broad SMARTS) is 1. The van der Waals surface area contributed by atoms with E-state index in [1.165, 1.54) is 11.1 Å². The molecule has 0 radical (unpaired) electrons. The number of rotatable bonds is 10. The standard InChI is InChI=1S/C27H32N2O5/c1-3-18(14-25(31)32)28-24(30)15-27(2,17-12-13-17)29-26(33)34-16-23-21-10-6-4-8-19(21)20-9-5-7-11-22(20)23/h4-11,17-18,23H,3,12-16H2,1-2H3,(H,28,30)(H,29,33)(H,31,32)/t18-,27?/m1/s1. The van der Waals surface area contributed by atoms with Crippen LogP contribution in [0.2, 0.25) is 0 Å². The van der Waals surface area contributed by atoms with Gasteiger partial charge in [0.25, 0.3) is 0 Å². The Bertz CT molecular complexity index is 1030. The molecule has 0 aromatic heterocycles. The summed E-state index contributed by atoms with van der Waals surface area (Å²) in [4.78, 5) is 36.5. The van der Waals surface area contributed by atoms with E-state index < -0.39 is 23.6 Å². The maximum Gasteiger partial charge on any atom is 0.407 e. The molecule has 1 saturated carbocycles. The number of carbonyl (C=O) groups is 3. The summed E-state index contributed by atoms with van der Waals surface area (Å²) in [5, 5.41) is 14.8. The van der Waals surface area contributed by atoms with Gasteiger partial charge in [-0.2, -0.15) is 0 Å². The van der Waals surface area contributed by atoms with Gasteiger partial charge in [0.1, 0.15) is 6.61 Å². The van der Waals surface area contributed by atoms with Crippen LogP contribution in [-0.4, -0.2) is 41.3 Å². The van der Waals surface area contributed by atoms with Gasteiger partial charge in [-0.05, 0) is 54.4 Å². The van der Waals surface area contributed by atoms with Crippen LogP contribution in [0.25, 0.3) is 11.1 Å². The number of hydrogen-bond acceptors (Lipinski definition) is 4. The van der Waals surface area contributed by atoms with Crippen molar-refractivity contribution in [3.8, 4) is 11.1 Å². The Hall–Kier alpha value is -3.35. The first-order valence-corrected chi connectivity index (χ1v) is 11.9. The molecule has 2 amide bonds. The second-order valence-electron chi connectivity index (χ2n) is 9.59. The molecule has 0 spiro atoms. The summed E-state index contributed by atoms with van der Waals surface area (Å²) in [6.07, 6.45) is 1.80. The van der Waals surface area contributed by atoms with E-state index in [-0.39, 0.29) is 37.2 Å². The summed E-state index contributed by atoms with van der Waals surface area (Å²) < 4.78 is 5.69. The smallest absolute Gasteiger partial charge is 0.407 e. The van der Waals surface area contributed by atoms with Gasteiger partial charge in [-0.1, -0.05) is 55.5 Å². The molecule has 2 aromatic carbocycles. The lowest BCUT2D eigenvalue weighted by Crippen LogP contribution is -2.52. The molecule has 4 rings (SSSR count). The first kappa shape index (κ1) is 23.8. The van der Waals surface area contributed by atoms with Crippen LogP contribution in [0.15, 0.2) is 48.5 Å². The normalized spacial score (nSPS) is 17.1. The Morgan fingerprint density at radius 2 is 1.65 bits per heavy atom. The number of nitrogens with one attached hydrogen (secondary N) is 2. The number of benzene rings is 2. The van der Waals surface area contributed by atoms with Crippen molar-refractivity contribution in [2.24, 2.45) is 5.92 Å². The maximum atomic E-state index is 12.8. The molecule has 0 heterocycles. The second-order valence-corrected chi connectivity index (χ2v) is 9.59. The topological polar surface area (TPSA) is 105 Å². The highest BCUT2D eigenvalue weighted by molar-refractivity contribution is 5.81. The number of alkyl carbamates (subject to hydrolysis) is 1. The Balaban J connectivity index is 1.38. The molecule has 1 unspecified atom stereocenters. The Labute approximate surface area is 199 Å². The van der Waals surface area contributed by atoms with Gasteiger partial charge in [-0.25, -0.2) is 4.79 Å². The molecule has 1 fully saturated rings. The fraction of sp³-hybridized carbons (Fsp3) is 0.444. The lowest BCUT2D eigenvalue weighted by atomic mass is 9.91. The number of amides is 2. The minimum atomic E-state index is -0.950. The lowest BCUT2D eigenvalue weighted by Gasteiger charge is -2.31. The van der Waals surface area contributed by atoms with Crippen LogP contribution in [0.3, 0.4) is 0 Å². The number of fused-ring (bicyclic) bond motifs is 3. The van der Waals surface area contributed by atoms with Crippen molar-refractivity contribution >= 4 is 18.0 Å². The van der Waals surface area contributed by atoms with Gasteiger partial charge >= 0.3 is 12.1 Å². The predicted octanol–water partition coefficient (Wildman–Crippen LogP) is 4.45. The molecule has 7 heteroatoms. The molecular formula is C27H32N2O5. The molecule has 34 heavy (non-hydrogen) atoms. The fourth-order valence-corrected chi connectivity index (χ4v) is 5.00. The number of ether oxygens (including phenoxy) is 1. The first-order chi connectivity index (χ1) is 16.3. The van der Waals surface area contributed by atoms with Gasteiger partial charge in [0, 0.05) is 18.4 Å². The van der Waals surface area contributed by atoms with Gasteiger partial charge < -0.3 is 20.5 Å². The maximum absolute atomic E-state index is 12.8. The van der Waals surface area contributed by atoms with E-state index in [4.69, 9.17) is 9.84 Å². The van der Waals surface area contributed by atoms with Crippen molar-refractivity contribution in [1.29, 1.82) is 0 Å². The molecule has 0 aliphatic heterocycles. The van der Waals surface area contributed by atoms with Gasteiger partial charge in [0.2, 0.25) is 5.91 Å². The Kier molecular flexibility index (Phi) is 6.91. The molecule has 2 aliphatic carbocycles. The zero-order chi connectivity index (χ0) is 24.3. The van der Waals surface area contributed by atoms with Crippen LogP contribution in [0.4, 0.5) is 4.79 Å². The predicted molar refractivity (Wildman–Crippen MR) is 128 cm³/mol. The molecule has 2 atom stereocenters. The molecule has 2 aliphatic rings. The average Bonchev–Trinajstić information content (AvgIpc) is 3.61. The molecule has 0 saturated heterocycles. The van der Waals surface area contributed by atoms with Crippen molar-refractivity contribution in [1.82, 2.24) is 10.6 Å². The first-order valence-electron chi connectivity index (χ1n) is 11.9. The van der Waals surface area contributed by atoms with Gasteiger partial charge in [-0.15, -0.1) is 0 Å². The minimum absolute atomic E-state index is 0.0324. The Morgan fingerprint density at radius 1 is 1.06 bits per heavy atom. The van der Waals surface area contributed by atoms with Crippen LogP contribution in [0.5, 0.6) is 0 Å². The number of hydrogen-bond donors (Lipinski definition) is 3. The van der Waals surface area contributed by atoms with Crippen molar-refractivity contribution in [2.45, 2.75) is 63.5 Å². The molecule has 3 N–H and O–H groups in total. The number of carboxylic acids is 1. The average molecular weight is 465 g/mol. The Morgan fingerprint density at radius 3 is 2.18 bits per heavy atom. The summed E-state index contributed by atoms with van der Waals surface area (Å²) >= 11 is 0. The molecule has 7 nitrogen and oxygen atoms in total. The van der Waals surface area contributed by atoms with E-state index in [9.17, 15) is 14.4 Å². The monoisotopic (exact) mass is 464 g/mol. The van der Waals surface area contributed by atoms with Gasteiger partial charge in [0.05, 0.1) is 12.0 Å². The highest BCUT2D eigenvalue weighted by Gasteiger charge is 2.44. The van der Waals surface area contributed by atoms with Crippen LogP contribution in [0.1, 0.15) is 63.0 Å². The summed E-state index contributed by atoms with van der Waals surface area (Å²) in [5.74, 6) is -1.05. The zero-order valence-corrected chi connectivity index (χ0v) is 19.7. The third-order valence-electron chi connectivity index (χ3n) is 7.02. The van der Waals surface area contributed by atoms with Crippen molar-refractivity contribution < 1.29 is 24.2 Å². The zero-order valence-electron chi connectivity index (χ0n) is 19.7. The highest BCUT2D eigenvalue weighted by Crippen LogP contribution is 2.45. The van der Waals surface area contributed by atoms with Crippen LogP contribution >= 0.6 is 0 Å². The third kappa shape index (κ3) is 5.24. The summed E-state index contributed by atoms with van der Waals surface area (Å²) in [6.45, 7) is 3.91. The van der Waals surface area contributed by atoms with Crippen molar-refractivity contribution in [3.05, 3.63) is 59.7 Å². The third-order valence-corrected chi connectivity index (χ3v) is 7.02.